The van der Waals surface area contributed by atoms with Crippen molar-refractivity contribution >= 4 is 34.7 Å². The lowest BCUT2D eigenvalue weighted by Crippen LogP contribution is -2.04. The smallest absolute Gasteiger partial charge is 0.249 e. The highest BCUT2D eigenvalue weighted by molar-refractivity contribution is 6.31. The summed E-state index contributed by atoms with van der Waals surface area (Å²) < 4.78 is 26.6. The van der Waals surface area contributed by atoms with Crippen molar-refractivity contribution in [3.8, 4) is 0 Å². The third-order valence-corrected chi connectivity index (χ3v) is 3.68. The molecule has 0 saturated carbocycles. The van der Waals surface area contributed by atoms with Crippen LogP contribution in [0, 0.1) is 18.6 Å². The minimum Gasteiger partial charge on any atom is -0.336 e. The van der Waals surface area contributed by atoms with Crippen LogP contribution in [0.15, 0.2) is 42.6 Å². The third kappa shape index (κ3) is 3.57. The first-order valence-electron chi connectivity index (χ1n) is 6.97. The standard InChI is InChI=1S/C16H12ClF2N5/c1-9-11(17)3-2-4-13(9)22-16-23-15(8-20-24-16)21-14-6-5-10(18)7-12(14)19/h2-8H,1H3,(H2,21,22,23,24). The second-order valence-electron chi connectivity index (χ2n) is 4.95. The van der Waals surface area contributed by atoms with Gasteiger partial charge in [0.1, 0.15) is 11.6 Å². The van der Waals surface area contributed by atoms with Crippen molar-refractivity contribution in [1.29, 1.82) is 0 Å². The van der Waals surface area contributed by atoms with Crippen LogP contribution in [0.25, 0.3) is 0 Å². The molecule has 24 heavy (non-hydrogen) atoms. The van der Waals surface area contributed by atoms with E-state index in [4.69, 9.17) is 11.6 Å². The maximum Gasteiger partial charge on any atom is 0.249 e. The van der Waals surface area contributed by atoms with Crippen LogP contribution >= 0.6 is 11.6 Å². The molecule has 0 aliphatic carbocycles. The lowest BCUT2D eigenvalue weighted by molar-refractivity contribution is 0.586. The number of anilines is 4. The van der Waals surface area contributed by atoms with Crippen LogP contribution in [-0.2, 0) is 0 Å². The van der Waals surface area contributed by atoms with E-state index in [1.807, 2.05) is 13.0 Å². The molecule has 2 N–H and O–H groups in total. The van der Waals surface area contributed by atoms with Gasteiger partial charge in [0, 0.05) is 16.8 Å². The molecule has 5 nitrogen and oxygen atoms in total. The highest BCUT2D eigenvalue weighted by Crippen LogP contribution is 2.25. The number of nitrogens with one attached hydrogen (secondary N) is 2. The fourth-order valence-corrected chi connectivity index (χ4v) is 2.18. The van der Waals surface area contributed by atoms with E-state index in [9.17, 15) is 8.78 Å². The van der Waals surface area contributed by atoms with E-state index in [0.29, 0.717) is 5.02 Å². The predicted molar refractivity (Wildman–Crippen MR) is 88.9 cm³/mol. The molecule has 0 amide bonds. The molecule has 0 radical (unpaired) electrons. The summed E-state index contributed by atoms with van der Waals surface area (Å²) in [7, 11) is 0. The van der Waals surface area contributed by atoms with Crippen molar-refractivity contribution in [2.75, 3.05) is 10.6 Å². The average Bonchev–Trinajstić information content (AvgIpc) is 2.55. The molecule has 0 bridgehead atoms. The predicted octanol–water partition coefficient (Wildman–Crippen LogP) is 4.60. The SMILES string of the molecule is Cc1c(Cl)cccc1Nc1nncc(Nc2ccc(F)cc2F)n1. The summed E-state index contributed by atoms with van der Waals surface area (Å²) in [5, 5.41) is 14.0. The largest absolute Gasteiger partial charge is 0.336 e. The maximum atomic E-state index is 13.7. The van der Waals surface area contributed by atoms with Crippen molar-refractivity contribution in [3.63, 3.8) is 0 Å². The Kier molecular flexibility index (Phi) is 4.52. The Hall–Kier alpha value is -2.80. The van der Waals surface area contributed by atoms with Gasteiger partial charge in [0.25, 0.3) is 0 Å². The summed E-state index contributed by atoms with van der Waals surface area (Å²) in [5.74, 6) is -0.906. The summed E-state index contributed by atoms with van der Waals surface area (Å²) in [6.07, 6.45) is 1.33. The first kappa shape index (κ1) is 16.1. The molecule has 0 unspecified atom stereocenters. The zero-order chi connectivity index (χ0) is 17.1. The van der Waals surface area contributed by atoms with Crippen molar-refractivity contribution < 1.29 is 8.78 Å². The Morgan fingerprint density at radius 2 is 1.88 bits per heavy atom. The molecule has 3 rings (SSSR count). The zero-order valence-corrected chi connectivity index (χ0v) is 13.3. The van der Waals surface area contributed by atoms with Crippen LogP contribution in [0.2, 0.25) is 5.02 Å². The van der Waals surface area contributed by atoms with Gasteiger partial charge in [0.05, 0.1) is 11.9 Å². The van der Waals surface area contributed by atoms with Crippen molar-refractivity contribution in [3.05, 3.63) is 64.8 Å². The van der Waals surface area contributed by atoms with E-state index < -0.39 is 11.6 Å². The maximum absolute atomic E-state index is 13.7. The Morgan fingerprint density at radius 1 is 1.04 bits per heavy atom. The van der Waals surface area contributed by atoms with Gasteiger partial charge in [-0.1, -0.05) is 17.7 Å². The third-order valence-electron chi connectivity index (χ3n) is 3.27. The number of aromatic nitrogens is 3. The summed E-state index contributed by atoms with van der Waals surface area (Å²) in [6.45, 7) is 1.86. The summed E-state index contributed by atoms with van der Waals surface area (Å²) >= 11 is 6.07. The zero-order valence-electron chi connectivity index (χ0n) is 12.5. The Morgan fingerprint density at radius 3 is 2.67 bits per heavy atom. The summed E-state index contributed by atoms with van der Waals surface area (Å²) in [4.78, 5) is 4.20. The quantitative estimate of drug-likeness (QED) is 0.722. The van der Waals surface area contributed by atoms with Gasteiger partial charge in [-0.25, -0.2) is 8.78 Å². The van der Waals surface area contributed by atoms with Gasteiger partial charge in [-0.3, -0.25) is 0 Å². The van der Waals surface area contributed by atoms with Crippen LogP contribution < -0.4 is 10.6 Å². The first-order valence-corrected chi connectivity index (χ1v) is 7.34. The minimum absolute atomic E-state index is 0.0850. The van der Waals surface area contributed by atoms with E-state index >= 15 is 0 Å². The number of nitrogens with zero attached hydrogens (tertiary/aromatic N) is 3. The number of halogens is 3. The normalized spacial score (nSPS) is 10.5. The fourth-order valence-electron chi connectivity index (χ4n) is 2.01. The monoisotopic (exact) mass is 347 g/mol. The summed E-state index contributed by atoms with van der Waals surface area (Å²) in [6, 6.07) is 8.60. The highest BCUT2D eigenvalue weighted by Gasteiger charge is 2.08. The number of hydrogen-bond donors (Lipinski definition) is 2. The minimum atomic E-state index is -0.728. The van der Waals surface area contributed by atoms with E-state index in [-0.39, 0.29) is 17.5 Å². The second-order valence-corrected chi connectivity index (χ2v) is 5.36. The number of benzene rings is 2. The van der Waals surface area contributed by atoms with Gasteiger partial charge in [0.15, 0.2) is 5.82 Å². The first-order chi connectivity index (χ1) is 11.5. The molecule has 122 valence electrons. The Balaban J connectivity index is 1.82. The molecule has 0 atom stereocenters. The lowest BCUT2D eigenvalue weighted by Gasteiger charge is -2.10. The van der Waals surface area contributed by atoms with Crippen molar-refractivity contribution in [2.45, 2.75) is 6.92 Å². The second kappa shape index (κ2) is 6.76. The van der Waals surface area contributed by atoms with E-state index in [2.05, 4.69) is 25.8 Å². The van der Waals surface area contributed by atoms with E-state index in [1.165, 1.54) is 12.3 Å². The van der Waals surface area contributed by atoms with Crippen LogP contribution in [-0.4, -0.2) is 15.2 Å². The Bertz CT molecular complexity index is 888. The molecule has 1 aromatic heterocycles. The molecule has 8 heteroatoms. The van der Waals surface area contributed by atoms with Crippen LogP contribution in [0.1, 0.15) is 5.56 Å². The van der Waals surface area contributed by atoms with Crippen molar-refractivity contribution in [2.24, 2.45) is 0 Å². The van der Waals surface area contributed by atoms with E-state index in [0.717, 1.165) is 23.4 Å². The molecule has 0 aliphatic heterocycles. The molecule has 0 fully saturated rings. The molecular formula is C16H12ClF2N5. The molecule has 2 aromatic carbocycles. The van der Waals surface area contributed by atoms with Crippen LogP contribution in [0.5, 0.6) is 0 Å². The molecular weight excluding hydrogens is 336 g/mol. The summed E-state index contributed by atoms with van der Waals surface area (Å²) in [5.41, 5.74) is 1.65. The molecule has 0 spiro atoms. The fraction of sp³-hybridized carbons (Fsp3) is 0.0625. The Labute approximate surface area is 141 Å². The van der Waals surface area contributed by atoms with Gasteiger partial charge < -0.3 is 10.6 Å². The van der Waals surface area contributed by atoms with Gasteiger partial charge >= 0.3 is 0 Å². The number of hydrogen-bond acceptors (Lipinski definition) is 5. The van der Waals surface area contributed by atoms with Gasteiger partial charge in [-0.05, 0) is 36.8 Å². The molecule has 1 heterocycles. The molecule has 3 aromatic rings. The van der Waals surface area contributed by atoms with E-state index in [1.54, 1.807) is 12.1 Å². The number of rotatable bonds is 4. The van der Waals surface area contributed by atoms with Crippen molar-refractivity contribution in [1.82, 2.24) is 15.2 Å². The van der Waals surface area contributed by atoms with Gasteiger partial charge in [0.2, 0.25) is 5.95 Å². The van der Waals surface area contributed by atoms with Gasteiger partial charge in [-0.2, -0.15) is 10.1 Å². The van der Waals surface area contributed by atoms with Crippen LogP contribution in [0.3, 0.4) is 0 Å². The lowest BCUT2D eigenvalue weighted by atomic mass is 10.2. The van der Waals surface area contributed by atoms with Crippen LogP contribution in [0.4, 0.5) is 31.9 Å². The molecule has 0 saturated heterocycles. The molecule has 0 aliphatic rings. The topological polar surface area (TPSA) is 62.7 Å². The average molecular weight is 348 g/mol. The highest BCUT2D eigenvalue weighted by atomic mass is 35.5. The van der Waals surface area contributed by atoms with Gasteiger partial charge in [-0.15, -0.1) is 5.10 Å².